The van der Waals surface area contributed by atoms with E-state index in [1.807, 2.05) is 6.07 Å². The standard InChI is InChI=1S/C18H29N3O2.3C2HF3O2/c1-4-21(5-2)17-13-23-12-15-10-20(11-16(15)17)9-14-7-6-8-19-18(14)22-3;3*3-2(4,5)1(6)7/h6-8,15-17H,4-5,9-13H2,1-3H3;3*(H,6,7)/t15-,16-,17-;;;/m0.../s1. The Morgan fingerprint density at radius 3 is 1.75 bits per heavy atom. The third kappa shape index (κ3) is 14.4. The quantitative estimate of drug-likeness (QED) is 0.383. The Balaban J connectivity index is 0.000000721. The van der Waals surface area contributed by atoms with Gasteiger partial charge >= 0.3 is 36.4 Å². The van der Waals surface area contributed by atoms with E-state index in [1.54, 1.807) is 13.3 Å². The van der Waals surface area contributed by atoms with Crippen LogP contribution in [0.5, 0.6) is 5.88 Å². The summed E-state index contributed by atoms with van der Waals surface area (Å²) in [4.78, 5) is 36.1. The molecule has 3 N–H and O–H groups in total. The molecule has 0 amide bonds. The maximum atomic E-state index is 10.6. The number of hydrogen-bond acceptors (Lipinski definition) is 8. The normalized spacial score (nSPS) is 20.1. The third-order valence-electron chi connectivity index (χ3n) is 6.13. The lowest BCUT2D eigenvalue weighted by atomic mass is 9.87. The zero-order chi connectivity index (χ0) is 34.5. The van der Waals surface area contributed by atoms with Crippen molar-refractivity contribution in [1.29, 1.82) is 0 Å². The summed E-state index contributed by atoms with van der Waals surface area (Å²) in [6.45, 7) is 11.7. The fraction of sp³-hybridized carbons (Fsp3) is 0.667. The van der Waals surface area contributed by atoms with Gasteiger partial charge in [0, 0.05) is 43.4 Å². The average Bonchev–Trinajstić information content (AvgIpc) is 3.32. The van der Waals surface area contributed by atoms with Crippen molar-refractivity contribution in [2.45, 2.75) is 45.0 Å². The van der Waals surface area contributed by atoms with Crippen molar-refractivity contribution >= 4 is 17.9 Å². The number of rotatable bonds is 6. The van der Waals surface area contributed by atoms with Crippen molar-refractivity contribution in [2.24, 2.45) is 11.8 Å². The van der Waals surface area contributed by atoms with E-state index >= 15 is 0 Å². The van der Waals surface area contributed by atoms with Crippen LogP contribution in [0.15, 0.2) is 18.3 Å². The number of fused-ring (bicyclic) bond motifs is 1. The van der Waals surface area contributed by atoms with Crippen molar-refractivity contribution in [3.63, 3.8) is 0 Å². The highest BCUT2D eigenvalue weighted by atomic mass is 19.4. The Bertz CT molecular complexity index is 994. The van der Waals surface area contributed by atoms with Gasteiger partial charge in [0.15, 0.2) is 0 Å². The second kappa shape index (κ2) is 17.8. The van der Waals surface area contributed by atoms with Crippen molar-refractivity contribution < 1.29 is 78.7 Å². The predicted molar refractivity (Wildman–Crippen MR) is 132 cm³/mol. The van der Waals surface area contributed by atoms with E-state index in [0.29, 0.717) is 17.9 Å². The minimum Gasteiger partial charge on any atom is -0.481 e. The van der Waals surface area contributed by atoms with Crippen LogP contribution in [0.3, 0.4) is 0 Å². The summed E-state index contributed by atoms with van der Waals surface area (Å²) in [5, 5.41) is 21.4. The van der Waals surface area contributed by atoms with E-state index in [1.165, 1.54) is 5.56 Å². The third-order valence-corrected chi connectivity index (χ3v) is 6.13. The van der Waals surface area contributed by atoms with Crippen molar-refractivity contribution in [3.05, 3.63) is 23.9 Å². The average molecular weight is 662 g/mol. The number of aromatic nitrogens is 1. The molecule has 0 radical (unpaired) electrons. The summed E-state index contributed by atoms with van der Waals surface area (Å²) >= 11 is 0. The van der Waals surface area contributed by atoms with E-state index in [4.69, 9.17) is 39.2 Å². The Morgan fingerprint density at radius 2 is 1.36 bits per heavy atom. The number of halogens is 9. The molecule has 0 spiro atoms. The van der Waals surface area contributed by atoms with Crippen LogP contribution in [0, 0.1) is 11.8 Å². The number of carbonyl (C=O) groups is 3. The number of likely N-dealkylation sites (tertiary alicyclic amines) is 1. The van der Waals surface area contributed by atoms with Gasteiger partial charge in [0.1, 0.15) is 0 Å². The number of ether oxygens (including phenoxy) is 2. The molecule has 0 aromatic carbocycles. The molecule has 1 aromatic rings. The Hall–Kier alpha value is -3.39. The van der Waals surface area contributed by atoms with Crippen LogP contribution >= 0.6 is 0 Å². The first-order chi connectivity index (χ1) is 20.1. The summed E-state index contributed by atoms with van der Waals surface area (Å²) in [6, 6.07) is 4.67. The van der Waals surface area contributed by atoms with Gasteiger partial charge in [-0.1, -0.05) is 19.9 Å². The maximum Gasteiger partial charge on any atom is 0.490 e. The van der Waals surface area contributed by atoms with E-state index in [-0.39, 0.29) is 0 Å². The first kappa shape index (κ1) is 40.6. The minimum atomic E-state index is -5.08. The summed E-state index contributed by atoms with van der Waals surface area (Å²) in [6.07, 6.45) is -13.5. The smallest absolute Gasteiger partial charge is 0.481 e. The molecule has 1 aromatic heterocycles. The zero-order valence-electron chi connectivity index (χ0n) is 23.5. The molecule has 2 aliphatic heterocycles. The zero-order valence-corrected chi connectivity index (χ0v) is 23.5. The number of alkyl halides is 9. The lowest BCUT2D eigenvalue weighted by Crippen LogP contribution is -2.50. The second-order valence-electron chi connectivity index (χ2n) is 9.02. The van der Waals surface area contributed by atoms with Gasteiger partial charge in [0.25, 0.3) is 0 Å². The minimum absolute atomic E-state index is 0.560. The van der Waals surface area contributed by atoms with Gasteiger partial charge in [0.05, 0.1) is 20.3 Å². The lowest BCUT2D eigenvalue weighted by Gasteiger charge is -2.39. The lowest BCUT2D eigenvalue weighted by molar-refractivity contribution is -0.193. The molecule has 0 saturated carbocycles. The van der Waals surface area contributed by atoms with Gasteiger partial charge < -0.3 is 24.8 Å². The number of carboxylic acid groups (broad SMARTS) is 3. The number of pyridine rings is 1. The fourth-order valence-corrected chi connectivity index (χ4v) is 4.23. The Morgan fingerprint density at radius 1 is 0.909 bits per heavy atom. The molecule has 0 unspecified atom stereocenters. The molecule has 0 bridgehead atoms. The number of aliphatic carboxylic acids is 3. The number of methoxy groups -OCH3 is 1. The van der Waals surface area contributed by atoms with Crippen LogP contribution in [-0.4, -0.2) is 119 Å². The van der Waals surface area contributed by atoms with Crippen molar-refractivity contribution in [1.82, 2.24) is 14.8 Å². The summed E-state index contributed by atoms with van der Waals surface area (Å²) < 4.78 is 107. The molecule has 0 aliphatic carbocycles. The fourth-order valence-electron chi connectivity index (χ4n) is 4.23. The van der Waals surface area contributed by atoms with E-state index in [9.17, 15) is 39.5 Å². The summed E-state index contributed by atoms with van der Waals surface area (Å²) in [7, 11) is 1.69. The van der Waals surface area contributed by atoms with Gasteiger partial charge in [0.2, 0.25) is 5.88 Å². The molecule has 44 heavy (non-hydrogen) atoms. The summed E-state index contributed by atoms with van der Waals surface area (Å²) in [5.41, 5.74) is 1.17. The first-order valence-electron chi connectivity index (χ1n) is 12.5. The SMILES string of the molecule is CCN(CC)[C@H]1COC[C@@H]2CN(Cc3cccnc3OC)C[C@@H]21.O=C(O)C(F)(F)F.O=C(O)C(F)(F)F.O=C(O)C(F)(F)F. The first-order valence-corrected chi connectivity index (χ1v) is 12.5. The van der Waals surface area contributed by atoms with E-state index < -0.39 is 36.4 Å². The Kier molecular flexibility index (Phi) is 16.4. The van der Waals surface area contributed by atoms with Gasteiger partial charge in [-0.15, -0.1) is 0 Å². The number of carboxylic acids is 3. The van der Waals surface area contributed by atoms with Gasteiger partial charge in [-0.3, -0.25) is 9.80 Å². The van der Waals surface area contributed by atoms with Crippen LogP contribution < -0.4 is 4.74 Å². The van der Waals surface area contributed by atoms with Crippen LogP contribution in [0.1, 0.15) is 19.4 Å². The topological polar surface area (TPSA) is 150 Å². The van der Waals surface area contributed by atoms with E-state index in [2.05, 4.69) is 34.7 Å². The predicted octanol–water partition coefficient (Wildman–Crippen LogP) is 3.78. The molecule has 3 rings (SSSR count). The largest absolute Gasteiger partial charge is 0.490 e. The number of hydrogen-bond donors (Lipinski definition) is 3. The molecular weight excluding hydrogens is 629 g/mol. The highest BCUT2D eigenvalue weighted by Crippen LogP contribution is 2.34. The highest BCUT2D eigenvalue weighted by molar-refractivity contribution is 5.73. The van der Waals surface area contributed by atoms with Gasteiger partial charge in [-0.05, 0) is 25.1 Å². The molecule has 3 heterocycles. The van der Waals surface area contributed by atoms with Crippen molar-refractivity contribution in [2.75, 3.05) is 46.5 Å². The molecule has 254 valence electrons. The maximum absolute atomic E-state index is 10.6. The second-order valence-corrected chi connectivity index (χ2v) is 9.02. The molecular formula is C24H32F9N3O8. The van der Waals surface area contributed by atoms with E-state index in [0.717, 1.165) is 51.8 Å². The molecule has 2 fully saturated rings. The molecule has 2 aliphatic rings. The Labute approximate surface area is 245 Å². The van der Waals surface area contributed by atoms with Crippen LogP contribution in [0.4, 0.5) is 39.5 Å². The van der Waals surface area contributed by atoms with Crippen LogP contribution in [0.2, 0.25) is 0 Å². The molecule has 11 nitrogen and oxygen atoms in total. The van der Waals surface area contributed by atoms with Crippen LogP contribution in [0.25, 0.3) is 0 Å². The highest BCUT2D eigenvalue weighted by Gasteiger charge is 2.43. The van der Waals surface area contributed by atoms with Gasteiger partial charge in [-0.2, -0.15) is 39.5 Å². The number of likely N-dealkylation sites (N-methyl/N-ethyl adjacent to an activating group) is 1. The molecule has 20 heteroatoms. The van der Waals surface area contributed by atoms with Crippen LogP contribution in [-0.2, 0) is 25.7 Å². The summed E-state index contributed by atoms with van der Waals surface area (Å²) in [5.74, 6) is -6.16. The molecule has 3 atom stereocenters. The number of nitrogens with zero attached hydrogens (tertiary/aromatic N) is 3. The van der Waals surface area contributed by atoms with Gasteiger partial charge in [-0.25, -0.2) is 19.4 Å². The molecule has 2 saturated heterocycles. The van der Waals surface area contributed by atoms with Crippen molar-refractivity contribution in [3.8, 4) is 5.88 Å². The monoisotopic (exact) mass is 661 g/mol.